The molecule has 0 spiro atoms. The number of fused-ring (bicyclic) bond motifs is 2. The zero-order valence-corrected chi connectivity index (χ0v) is 19.8. The number of imidazole rings is 1. The summed E-state index contributed by atoms with van der Waals surface area (Å²) in [6, 6.07) is 7.15. The molecule has 1 aromatic carbocycles. The molecule has 3 heterocycles. The first-order valence-electron chi connectivity index (χ1n) is 10.7. The molecule has 196 valence electrons. The minimum absolute atomic E-state index is 0.199. The normalized spacial score (nSPS) is 12.2. The zero-order valence-electron chi connectivity index (χ0n) is 19.8. The predicted octanol–water partition coefficient (Wildman–Crippen LogP) is 2.98. The van der Waals surface area contributed by atoms with Crippen LogP contribution in [-0.4, -0.2) is 50.3 Å². The molecule has 3 aromatic heterocycles. The molecule has 0 saturated heterocycles. The van der Waals surface area contributed by atoms with E-state index in [1.54, 1.807) is 42.9 Å². The smallest absolute Gasteiger partial charge is 0.475 e. The van der Waals surface area contributed by atoms with Crippen LogP contribution in [0.3, 0.4) is 0 Å². The molecule has 0 aliphatic rings. The number of methoxy groups -OCH3 is 1. The van der Waals surface area contributed by atoms with E-state index in [1.807, 2.05) is 6.07 Å². The van der Waals surface area contributed by atoms with E-state index in [0.717, 1.165) is 5.69 Å². The van der Waals surface area contributed by atoms with E-state index in [4.69, 9.17) is 20.4 Å². The lowest BCUT2D eigenvalue weighted by molar-refractivity contribution is -0.192. The summed E-state index contributed by atoms with van der Waals surface area (Å²) in [5, 5.41) is 7.79. The zero-order chi connectivity index (χ0) is 27.7. The standard InChI is InChI=1S/C22H21FN4O3.C2HF3O2/c1-12-16-10-13(23)4-7-18(16)26(2)21(28)19(12)15-6-5-14(11-17(24)22(29)30-3)27-9-8-25-20(15)27;3-2(4,5)1(6)7/h4-10,17H,11,24H2,1-3H3;(H,6,7)/t17-;/m0./s1. The molecule has 3 N–H and O–H groups in total. The fourth-order valence-corrected chi connectivity index (χ4v) is 3.88. The number of halogens is 4. The third kappa shape index (κ3) is 5.45. The van der Waals surface area contributed by atoms with Gasteiger partial charge < -0.3 is 24.5 Å². The maximum Gasteiger partial charge on any atom is 0.490 e. The minimum atomic E-state index is -5.08. The third-order valence-electron chi connectivity index (χ3n) is 5.70. The molecule has 0 aliphatic carbocycles. The molecule has 4 aromatic rings. The second-order valence-electron chi connectivity index (χ2n) is 8.02. The van der Waals surface area contributed by atoms with Crippen molar-refractivity contribution in [3.05, 3.63) is 70.2 Å². The summed E-state index contributed by atoms with van der Waals surface area (Å²) in [7, 11) is 2.96. The van der Waals surface area contributed by atoms with E-state index in [9.17, 15) is 27.2 Å². The summed E-state index contributed by atoms with van der Waals surface area (Å²) in [5.74, 6) is -3.63. The maximum absolute atomic E-state index is 13.9. The summed E-state index contributed by atoms with van der Waals surface area (Å²) in [4.78, 5) is 38.2. The Hall–Kier alpha value is -4.26. The molecule has 0 saturated carbocycles. The summed E-state index contributed by atoms with van der Waals surface area (Å²) >= 11 is 0. The summed E-state index contributed by atoms with van der Waals surface area (Å²) < 4.78 is 53.7. The van der Waals surface area contributed by atoms with Crippen LogP contribution in [0, 0.1) is 12.7 Å². The van der Waals surface area contributed by atoms with E-state index >= 15 is 0 Å². The number of hydrogen-bond acceptors (Lipinski definition) is 6. The molecule has 9 nitrogen and oxygen atoms in total. The largest absolute Gasteiger partial charge is 0.490 e. The van der Waals surface area contributed by atoms with E-state index < -0.39 is 24.2 Å². The Balaban J connectivity index is 0.000000479. The van der Waals surface area contributed by atoms with E-state index in [2.05, 4.69) is 4.98 Å². The average molecular weight is 522 g/mol. The van der Waals surface area contributed by atoms with Gasteiger partial charge in [-0.05, 0) is 42.8 Å². The van der Waals surface area contributed by atoms with Crippen LogP contribution in [0.4, 0.5) is 17.6 Å². The predicted molar refractivity (Wildman–Crippen MR) is 125 cm³/mol. The van der Waals surface area contributed by atoms with Gasteiger partial charge in [0.2, 0.25) is 0 Å². The van der Waals surface area contributed by atoms with Crippen LogP contribution >= 0.6 is 0 Å². The van der Waals surface area contributed by atoms with Crippen molar-refractivity contribution in [3.63, 3.8) is 0 Å². The Morgan fingerprint density at radius 2 is 1.86 bits per heavy atom. The molecule has 0 aliphatic heterocycles. The number of alkyl halides is 3. The number of carbonyl (C=O) groups is 2. The number of hydrogen-bond donors (Lipinski definition) is 2. The van der Waals surface area contributed by atoms with Gasteiger partial charge in [-0.3, -0.25) is 9.59 Å². The SMILES string of the molecule is COC(=O)[C@@H](N)Cc1ccc(-c2c(C)c3cc(F)ccc3n(C)c2=O)c2nccn12.O=C(O)C(F)(F)F. The Labute approximate surface area is 206 Å². The van der Waals surface area contributed by atoms with Gasteiger partial charge in [0.25, 0.3) is 5.56 Å². The Morgan fingerprint density at radius 3 is 2.46 bits per heavy atom. The number of carbonyl (C=O) groups excluding carboxylic acids is 1. The molecule has 4 rings (SSSR count). The average Bonchev–Trinajstić information content (AvgIpc) is 3.33. The number of aliphatic carboxylic acids is 1. The molecule has 37 heavy (non-hydrogen) atoms. The highest BCUT2D eigenvalue weighted by atomic mass is 19.4. The molecular weight excluding hydrogens is 500 g/mol. The summed E-state index contributed by atoms with van der Waals surface area (Å²) in [5.41, 5.74) is 9.44. The van der Waals surface area contributed by atoms with Crippen molar-refractivity contribution in [1.82, 2.24) is 14.0 Å². The van der Waals surface area contributed by atoms with Crippen molar-refractivity contribution < 1.29 is 37.0 Å². The number of nitrogens with two attached hydrogens (primary N) is 1. The second kappa shape index (κ2) is 10.4. The summed E-state index contributed by atoms with van der Waals surface area (Å²) in [6.45, 7) is 1.80. The van der Waals surface area contributed by atoms with Crippen LogP contribution in [0.2, 0.25) is 0 Å². The lowest BCUT2D eigenvalue weighted by Crippen LogP contribution is -2.34. The number of nitrogens with zero attached hydrogens (tertiary/aromatic N) is 3. The molecule has 0 unspecified atom stereocenters. The Bertz CT molecular complexity index is 1560. The number of carboxylic acid groups (broad SMARTS) is 1. The van der Waals surface area contributed by atoms with Gasteiger partial charge in [-0.15, -0.1) is 0 Å². The molecule has 0 bridgehead atoms. The molecule has 1 atom stereocenters. The molecule has 0 fully saturated rings. The fraction of sp³-hybridized carbons (Fsp3) is 0.250. The van der Waals surface area contributed by atoms with Gasteiger partial charge >= 0.3 is 18.1 Å². The van der Waals surface area contributed by atoms with Crippen LogP contribution in [0.5, 0.6) is 0 Å². The van der Waals surface area contributed by atoms with Gasteiger partial charge in [-0.25, -0.2) is 14.2 Å². The molecule has 0 amide bonds. The lowest BCUT2D eigenvalue weighted by Gasteiger charge is -2.16. The monoisotopic (exact) mass is 522 g/mol. The van der Waals surface area contributed by atoms with E-state index in [0.29, 0.717) is 33.2 Å². The van der Waals surface area contributed by atoms with Gasteiger partial charge in [0.05, 0.1) is 18.2 Å². The highest BCUT2D eigenvalue weighted by molar-refractivity contribution is 5.91. The first-order chi connectivity index (χ1) is 17.3. The number of pyridine rings is 2. The van der Waals surface area contributed by atoms with Crippen molar-refractivity contribution >= 4 is 28.5 Å². The van der Waals surface area contributed by atoms with Crippen LogP contribution < -0.4 is 11.3 Å². The number of aryl methyl sites for hydroxylation is 2. The second-order valence-corrected chi connectivity index (χ2v) is 8.02. The summed E-state index contributed by atoms with van der Waals surface area (Å²) in [6.07, 6.45) is -1.47. The van der Waals surface area contributed by atoms with Crippen LogP contribution in [-0.2, 0) is 27.8 Å². The van der Waals surface area contributed by atoms with Gasteiger partial charge in [0.1, 0.15) is 17.5 Å². The number of rotatable bonds is 4. The van der Waals surface area contributed by atoms with Crippen molar-refractivity contribution in [1.29, 1.82) is 0 Å². The van der Waals surface area contributed by atoms with Gasteiger partial charge in [-0.1, -0.05) is 0 Å². The van der Waals surface area contributed by atoms with E-state index in [-0.39, 0.29) is 17.8 Å². The van der Waals surface area contributed by atoms with Crippen LogP contribution in [0.1, 0.15) is 11.3 Å². The van der Waals surface area contributed by atoms with Gasteiger partial charge in [-0.2, -0.15) is 13.2 Å². The number of aromatic nitrogens is 3. The highest BCUT2D eigenvalue weighted by Gasteiger charge is 2.38. The quantitative estimate of drug-likeness (QED) is 0.311. The molecular formula is C24H22F4N4O5. The van der Waals surface area contributed by atoms with Gasteiger partial charge in [0, 0.05) is 42.5 Å². The van der Waals surface area contributed by atoms with E-state index in [1.165, 1.54) is 23.8 Å². The maximum atomic E-state index is 13.9. The topological polar surface area (TPSA) is 129 Å². The molecule has 13 heteroatoms. The number of esters is 1. The van der Waals surface area contributed by atoms with Crippen molar-refractivity contribution in [2.75, 3.05) is 7.11 Å². The molecule has 0 radical (unpaired) electrons. The Kier molecular flexibility index (Phi) is 7.67. The van der Waals surface area contributed by atoms with Crippen LogP contribution in [0.25, 0.3) is 27.7 Å². The number of benzene rings is 1. The minimum Gasteiger partial charge on any atom is -0.475 e. The fourth-order valence-electron chi connectivity index (χ4n) is 3.88. The van der Waals surface area contributed by atoms with Gasteiger partial charge in [0.15, 0.2) is 0 Å². The lowest BCUT2D eigenvalue weighted by atomic mass is 9.98. The number of carboxylic acids is 1. The number of ether oxygens (including phenoxy) is 1. The highest BCUT2D eigenvalue weighted by Crippen LogP contribution is 2.30. The van der Waals surface area contributed by atoms with Crippen molar-refractivity contribution in [2.24, 2.45) is 12.8 Å². The first-order valence-corrected chi connectivity index (χ1v) is 10.7. The first kappa shape index (κ1) is 27.3. The van der Waals surface area contributed by atoms with Crippen molar-refractivity contribution in [2.45, 2.75) is 25.6 Å². The Morgan fingerprint density at radius 1 is 1.22 bits per heavy atom. The third-order valence-corrected chi connectivity index (χ3v) is 5.70. The van der Waals surface area contributed by atoms with Crippen LogP contribution in [0.15, 0.2) is 47.5 Å². The van der Waals surface area contributed by atoms with Crippen molar-refractivity contribution in [3.8, 4) is 11.1 Å².